The Morgan fingerprint density at radius 3 is 2.00 bits per heavy atom. The molecule has 1 aliphatic heterocycles. The van der Waals surface area contributed by atoms with Gasteiger partial charge in [0.1, 0.15) is 0 Å². The monoisotopic (exact) mass is 201 g/mol. The Kier molecular flexibility index (Phi) is 3.93. The molecule has 0 N–H and O–H groups in total. The fraction of sp³-hybridized carbons (Fsp3) is 1.00. The van der Waals surface area contributed by atoms with Crippen molar-refractivity contribution in [3.63, 3.8) is 0 Å². The van der Waals surface area contributed by atoms with Crippen LogP contribution in [0.4, 0.5) is 0 Å². The van der Waals surface area contributed by atoms with Crippen molar-refractivity contribution in [2.24, 2.45) is 5.41 Å². The maximum Gasteiger partial charge on any atom is 0.158 e. The number of rotatable bonds is 2. The van der Waals surface area contributed by atoms with Gasteiger partial charge >= 0.3 is 0 Å². The molecule has 0 aromatic carbocycles. The van der Waals surface area contributed by atoms with Gasteiger partial charge < -0.3 is 14.4 Å². The molecule has 14 heavy (non-hydrogen) atoms. The van der Waals surface area contributed by atoms with E-state index in [0.29, 0.717) is 6.04 Å². The Labute approximate surface area is 87.4 Å². The van der Waals surface area contributed by atoms with Gasteiger partial charge in [-0.2, -0.15) is 0 Å². The molecule has 0 atom stereocenters. The molecule has 1 heterocycles. The van der Waals surface area contributed by atoms with Crippen LogP contribution in [0.25, 0.3) is 0 Å². The third kappa shape index (κ3) is 3.95. The normalized spacial score (nSPS) is 29.6. The van der Waals surface area contributed by atoms with Crippen molar-refractivity contribution < 1.29 is 9.47 Å². The van der Waals surface area contributed by atoms with E-state index in [-0.39, 0.29) is 11.7 Å². The summed E-state index contributed by atoms with van der Waals surface area (Å²) in [6.45, 7) is 8.19. The average molecular weight is 201 g/mol. The van der Waals surface area contributed by atoms with Gasteiger partial charge in [-0.25, -0.2) is 0 Å². The zero-order valence-electron chi connectivity index (χ0n) is 10.0. The molecule has 0 radical (unpaired) electrons. The first-order chi connectivity index (χ1) is 6.38. The van der Waals surface area contributed by atoms with E-state index in [2.05, 4.69) is 39.8 Å². The van der Waals surface area contributed by atoms with E-state index < -0.39 is 0 Å². The highest BCUT2D eigenvalue weighted by Gasteiger charge is 2.26. The Balaban J connectivity index is 2.29. The number of nitrogens with zero attached hydrogens (tertiary/aromatic N) is 1. The standard InChI is InChI=1S/C11H23NO2/c1-11(2,3)6-10-13-7-9(8-14-10)12(4)5/h9-10H,6-8H2,1-5H3. The summed E-state index contributed by atoms with van der Waals surface area (Å²) < 4.78 is 11.3. The van der Waals surface area contributed by atoms with Crippen LogP contribution in [0.3, 0.4) is 0 Å². The highest BCUT2D eigenvalue weighted by molar-refractivity contribution is 4.72. The molecule has 0 bridgehead atoms. The van der Waals surface area contributed by atoms with Crippen LogP contribution in [0, 0.1) is 5.41 Å². The molecule has 0 saturated carbocycles. The topological polar surface area (TPSA) is 21.7 Å². The Bertz CT molecular complexity index is 167. The molecular weight excluding hydrogens is 178 g/mol. The molecule has 3 heteroatoms. The average Bonchev–Trinajstić information content (AvgIpc) is 2.02. The molecule has 0 unspecified atom stereocenters. The van der Waals surface area contributed by atoms with Crippen LogP contribution in [-0.2, 0) is 9.47 Å². The molecule has 3 nitrogen and oxygen atoms in total. The van der Waals surface area contributed by atoms with Gasteiger partial charge in [0.05, 0.1) is 19.3 Å². The maximum absolute atomic E-state index is 5.66. The summed E-state index contributed by atoms with van der Waals surface area (Å²) in [5, 5.41) is 0. The summed E-state index contributed by atoms with van der Waals surface area (Å²) >= 11 is 0. The highest BCUT2D eigenvalue weighted by Crippen LogP contribution is 2.25. The predicted molar refractivity (Wildman–Crippen MR) is 57.2 cm³/mol. The summed E-state index contributed by atoms with van der Waals surface area (Å²) in [6, 6.07) is 0.409. The minimum Gasteiger partial charge on any atom is -0.351 e. The lowest BCUT2D eigenvalue weighted by molar-refractivity contribution is -0.211. The summed E-state index contributed by atoms with van der Waals surface area (Å²) in [6.07, 6.45) is 0.957. The Hall–Kier alpha value is -0.120. The number of hydrogen-bond acceptors (Lipinski definition) is 3. The minimum absolute atomic E-state index is 0.00815. The third-order valence-electron chi connectivity index (χ3n) is 2.46. The number of likely N-dealkylation sites (N-methyl/N-ethyl adjacent to an activating group) is 1. The second-order valence-electron chi connectivity index (χ2n) is 5.48. The van der Waals surface area contributed by atoms with Crippen molar-refractivity contribution in [3.8, 4) is 0 Å². The molecule has 84 valence electrons. The summed E-state index contributed by atoms with van der Waals surface area (Å²) in [4.78, 5) is 2.15. The lowest BCUT2D eigenvalue weighted by Gasteiger charge is -2.35. The van der Waals surface area contributed by atoms with E-state index in [0.717, 1.165) is 19.6 Å². The van der Waals surface area contributed by atoms with Crippen molar-refractivity contribution in [1.29, 1.82) is 0 Å². The van der Waals surface area contributed by atoms with Gasteiger partial charge in [0.15, 0.2) is 6.29 Å². The quantitative estimate of drug-likeness (QED) is 0.679. The van der Waals surface area contributed by atoms with Crippen molar-refractivity contribution >= 4 is 0 Å². The summed E-state index contributed by atoms with van der Waals surface area (Å²) in [5.74, 6) is 0. The Morgan fingerprint density at radius 2 is 1.64 bits per heavy atom. The fourth-order valence-corrected chi connectivity index (χ4v) is 1.45. The van der Waals surface area contributed by atoms with Gasteiger partial charge in [-0.15, -0.1) is 0 Å². The molecule has 1 aliphatic rings. The van der Waals surface area contributed by atoms with E-state index in [9.17, 15) is 0 Å². The Morgan fingerprint density at radius 1 is 1.14 bits per heavy atom. The SMILES string of the molecule is CN(C)C1COC(CC(C)(C)C)OC1. The molecule has 0 aliphatic carbocycles. The van der Waals surface area contributed by atoms with E-state index in [1.807, 2.05) is 0 Å². The largest absolute Gasteiger partial charge is 0.351 e. The fourth-order valence-electron chi connectivity index (χ4n) is 1.45. The van der Waals surface area contributed by atoms with Gasteiger partial charge in [-0.1, -0.05) is 20.8 Å². The first-order valence-corrected chi connectivity index (χ1v) is 5.28. The summed E-state index contributed by atoms with van der Waals surface area (Å²) in [7, 11) is 4.11. The van der Waals surface area contributed by atoms with E-state index in [4.69, 9.17) is 9.47 Å². The van der Waals surface area contributed by atoms with Gasteiger partial charge in [-0.05, 0) is 19.5 Å². The molecule has 1 rings (SSSR count). The van der Waals surface area contributed by atoms with Crippen molar-refractivity contribution in [1.82, 2.24) is 4.90 Å². The lowest BCUT2D eigenvalue weighted by atomic mass is 9.92. The van der Waals surface area contributed by atoms with Crippen molar-refractivity contribution in [3.05, 3.63) is 0 Å². The van der Waals surface area contributed by atoms with Crippen LogP contribution in [0.1, 0.15) is 27.2 Å². The molecule has 1 fully saturated rings. The van der Waals surface area contributed by atoms with E-state index in [1.165, 1.54) is 0 Å². The van der Waals surface area contributed by atoms with Crippen molar-refractivity contribution in [2.75, 3.05) is 27.3 Å². The lowest BCUT2D eigenvalue weighted by Crippen LogP contribution is -2.44. The smallest absolute Gasteiger partial charge is 0.158 e. The second kappa shape index (κ2) is 4.60. The molecule has 0 spiro atoms. The van der Waals surface area contributed by atoms with Crippen LogP contribution in [0.5, 0.6) is 0 Å². The molecule has 1 saturated heterocycles. The molecular formula is C11H23NO2. The highest BCUT2D eigenvalue weighted by atomic mass is 16.7. The van der Waals surface area contributed by atoms with Crippen LogP contribution < -0.4 is 0 Å². The van der Waals surface area contributed by atoms with Gasteiger partial charge in [0.2, 0.25) is 0 Å². The number of ether oxygens (including phenoxy) is 2. The zero-order valence-corrected chi connectivity index (χ0v) is 10.0. The maximum atomic E-state index is 5.66. The van der Waals surface area contributed by atoms with E-state index >= 15 is 0 Å². The van der Waals surface area contributed by atoms with Crippen LogP contribution >= 0.6 is 0 Å². The predicted octanol–water partition coefficient (Wildman–Crippen LogP) is 1.73. The second-order valence-corrected chi connectivity index (χ2v) is 5.48. The van der Waals surface area contributed by atoms with Gasteiger partial charge in [0.25, 0.3) is 0 Å². The number of hydrogen-bond donors (Lipinski definition) is 0. The third-order valence-corrected chi connectivity index (χ3v) is 2.46. The molecule has 0 amide bonds. The molecule has 0 aromatic heterocycles. The zero-order chi connectivity index (χ0) is 10.8. The van der Waals surface area contributed by atoms with Gasteiger partial charge in [0, 0.05) is 6.42 Å². The van der Waals surface area contributed by atoms with E-state index in [1.54, 1.807) is 0 Å². The first-order valence-electron chi connectivity index (χ1n) is 5.28. The minimum atomic E-state index is -0.00815. The van der Waals surface area contributed by atoms with Crippen molar-refractivity contribution in [2.45, 2.75) is 39.5 Å². The first kappa shape index (κ1) is 12.0. The van der Waals surface area contributed by atoms with Crippen LogP contribution in [0.2, 0.25) is 0 Å². The van der Waals surface area contributed by atoms with Gasteiger partial charge in [-0.3, -0.25) is 0 Å². The van der Waals surface area contributed by atoms with Crippen LogP contribution in [0.15, 0.2) is 0 Å². The summed E-state index contributed by atoms with van der Waals surface area (Å²) in [5.41, 5.74) is 0.273. The molecule has 0 aromatic rings. The van der Waals surface area contributed by atoms with Crippen LogP contribution in [-0.4, -0.2) is 44.5 Å².